The van der Waals surface area contributed by atoms with Gasteiger partial charge < -0.3 is 14.8 Å². The van der Waals surface area contributed by atoms with Crippen LogP contribution in [0.4, 0.5) is 4.79 Å². The Labute approximate surface area is 232 Å². The van der Waals surface area contributed by atoms with Gasteiger partial charge in [0.15, 0.2) is 0 Å². The average molecular weight is 545 g/mol. The summed E-state index contributed by atoms with van der Waals surface area (Å²) in [6, 6.07) is 8.60. The van der Waals surface area contributed by atoms with E-state index in [0.717, 1.165) is 30.5 Å². The van der Waals surface area contributed by atoms with E-state index in [4.69, 9.17) is 9.47 Å². The van der Waals surface area contributed by atoms with Crippen molar-refractivity contribution in [2.45, 2.75) is 70.2 Å². The molecule has 2 amide bonds. The van der Waals surface area contributed by atoms with Crippen molar-refractivity contribution in [3.8, 4) is 29.0 Å². The maximum Gasteiger partial charge on any atom is 0.411 e. The van der Waals surface area contributed by atoms with Gasteiger partial charge in [-0.2, -0.15) is 5.26 Å². The summed E-state index contributed by atoms with van der Waals surface area (Å²) in [7, 11) is 1.50. The molecule has 3 aromatic rings. The van der Waals surface area contributed by atoms with E-state index in [0.29, 0.717) is 17.7 Å². The quantitative estimate of drug-likeness (QED) is 0.474. The van der Waals surface area contributed by atoms with Crippen molar-refractivity contribution >= 4 is 12.0 Å². The monoisotopic (exact) mass is 544 g/mol. The molecule has 1 aromatic carbocycles. The number of hydrogen-bond donors (Lipinski definition) is 1. The molecule has 2 aromatic heterocycles. The Balaban J connectivity index is 1.22. The number of nitrogens with one attached hydrogen (secondary N) is 1. The smallest absolute Gasteiger partial charge is 0.411 e. The van der Waals surface area contributed by atoms with Gasteiger partial charge in [0.05, 0.1) is 25.1 Å². The minimum absolute atomic E-state index is 0.00164. The molecule has 2 bridgehead atoms. The molecule has 1 aliphatic heterocycles. The minimum atomic E-state index is -0.744. The number of nitriles is 1. The largest absolute Gasteiger partial charge is 0.467 e. The molecular formula is C28H32N8O4. The summed E-state index contributed by atoms with van der Waals surface area (Å²) >= 11 is 0. The number of amides is 2. The van der Waals surface area contributed by atoms with E-state index in [9.17, 15) is 14.9 Å². The first-order valence-corrected chi connectivity index (χ1v) is 13.2. The lowest BCUT2D eigenvalue weighted by molar-refractivity contribution is -0.128. The van der Waals surface area contributed by atoms with Gasteiger partial charge in [-0.25, -0.2) is 19.4 Å². The highest BCUT2D eigenvalue weighted by molar-refractivity contribution is 5.87. The fourth-order valence-electron chi connectivity index (χ4n) is 5.39. The van der Waals surface area contributed by atoms with Gasteiger partial charge in [0.25, 0.3) is 0 Å². The summed E-state index contributed by atoms with van der Waals surface area (Å²) in [6.45, 7) is 5.43. The SMILES string of the molecule is COc1ncc(-c2cn(-c3ccc(CC(C#N)NC(=O)C4C5CCC(C5)N4C(=O)OC(C)(C)C)cc3)nn2)cn1. The van der Waals surface area contributed by atoms with E-state index in [-0.39, 0.29) is 23.9 Å². The summed E-state index contributed by atoms with van der Waals surface area (Å²) in [6.07, 6.45) is 7.38. The molecule has 40 heavy (non-hydrogen) atoms. The molecule has 12 heteroatoms. The minimum Gasteiger partial charge on any atom is -0.467 e. The van der Waals surface area contributed by atoms with E-state index in [1.165, 1.54) is 7.11 Å². The van der Waals surface area contributed by atoms with Crippen LogP contribution in [-0.2, 0) is 16.0 Å². The Morgan fingerprint density at radius 3 is 2.55 bits per heavy atom. The number of rotatable bonds is 7. The van der Waals surface area contributed by atoms with Crippen LogP contribution in [0.15, 0.2) is 42.9 Å². The highest BCUT2D eigenvalue weighted by atomic mass is 16.6. The molecule has 0 radical (unpaired) electrons. The Bertz CT molecular complexity index is 1410. The zero-order valence-electron chi connectivity index (χ0n) is 22.9. The number of fused-ring (bicyclic) bond motifs is 2. The number of carbonyl (C=O) groups is 2. The van der Waals surface area contributed by atoms with E-state index in [1.807, 2.05) is 45.0 Å². The van der Waals surface area contributed by atoms with Crippen LogP contribution in [0.3, 0.4) is 0 Å². The van der Waals surface area contributed by atoms with Crippen LogP contribution < -0.4 is 10.1 Å². The number of aromatic nitrogens is 5. The molecule has 5 rings (SSSR count). The van der Waals surface area contributed by atoms with Crippen LogP contribution in [0, 0.1) is 17.2 Å². The van der Waals surface area contributed by atoms with Crippen molar-refractivity contribution in [1.29, 1.82) is 5.26 Å². The van der Waals surface area contributed by atoms with Gasteiger partial charge in [-0.3, -0.25) is 9.69 Å². The van der Waals surface area contributed by atoms with Gasteiger partial charge in [-0.1, -0.05) is 17.3 Å². The number of nitrogens with zero attached hydrogens (tertiary/aromatic N) is 7. The molecule has 1 aliphatic carbocycles. The first-order chi connectivity index (χ1) is 19.1. The molecule has 2 fully saturated rings. The van der Waals surface area contributed by atoms with E-state index < -0.39 is 23.8 Å². The Morgan fingerprint density at radius 2 is 1.90 bits per heavy atom. The maximum atomic E-state index is 13.3. The molecule has 2 aliphatic rings. The Hall–Kier alpha value is -4.53. The van der Waals surface area contributed by atoms with Crippen molar-refractivity contribution in [2.24, 2.45) is 5.92 Å². The van der Waals surface area contributed by atoms with Gasteiger partial charge in [0, 0.05) is 30.4 Å². The summed E-state index contributed by atoms with van der Waals surface area (Å²) < 4.78 is 12.2. The molecule has 1 saturated carbocycles. The normalized spacial score (nSPS) is 20.6. The highest BCUT2D eigenvalue weighted by Gasteiger charge is 2.52. The van der Waals surface area contributed by atoms with Crippen molar-refractivity contribution in [3.05, 3.63) is 48.4 Å². The summed E-state index contributed by atoms with van der Waals surface area (Å²) in [5.74, 6) is -0.230. The fourth-order valence-corrected chi connectivity index (χ4v) is 5.39. The summed E-state index contributed by atoms with van der Waals surface area (Å²) in [5.41, 5.74) is 2.32. The third-order valence-corrected chi connectivity index (χ3v) is 7.17. The number of carbonyl (C=O) groups excluding carboxylic acids is 2. The van der Waals surface area contributed by atoms with Crippen LogP contribution in [0.2, 0.25) is 0 Å². The van der Waals surface area contributed by atoms with Gasteiger partial charge in [-0.15, -0.1) is 5.10 Å². The zero-order valence-corrected chi connectivity index (χ0v) is 22.9. The predicted octanol–water partition coefficient (Wildman–Crippen LogP) is 3.07. The summed E-state index contributed by atoms with van der Waals surface area (Å²) in [4.78, 5) is 36.0. The van der Waals surface area contributed by atoms with Crippen LogP contribution in [0.1, 0.15) is 45.6 Å². The Kier molecular flexibility index (Phi) is 7.38. The lowest BCUT2D eigenvalue weighted by Gasteiger charge is -2.35. The lowest BCUT2D eigenvalue weighted by atomic mass is 9.97. The molecule has 1 N–H and O–H groups in total. The van der Waals surface area contributed by atoms with Crippen LogP contribution in [-0.4, -0.2) is 72.7 Å². The summed E-state index contributed by atoms with van der Waals surface area (Å²) in [5, 5.41) is 21.1. The topological polar surface area (TPSA) is 148 Å². The zero-order chi connectivity index (χ0) is 28.4. The second-order valence-corrected chi connectivity index (χ2v) is 11.1. The molecule has 208 valence electrons. The third-order valence-electron chi connectivity index (χ3n) is 7.17. The lowest BCUT2D eigenvalue weighted by Crippen LogP contribution is -2.55. The van der Waals surface area contributed by atoms with Crippen molar-refractivity contribution < 1.29 is 19.1 Å². The van der Waals surface area contributed by atoms with E-state index >= 15 is 0 Å². The number of hydrogen-bond acceptors (Lipinski definition) is 9. The van der Waals surface area contributed by atoms with Gasteiger partial charge >= 0.3 is 12.1 Å². The third kappa shape index (κ3) is 5.73. The number of benzene rings is 1. The van der Waals surface area contributed by atoms with Crippen molar-refractivity contribution in [1.82, 2.24) is 35.2 Å². The van der Waals surface area contributed by atoms with Gasteiger partial charge in [0.2, 0.25) is 5.91 Å². The fraction of sp³-hybridized carbons (Fsp3) is 0.464. The highest BCUT2D eigenvalue weighted by Crippen LogP contribution is 2.43. The number of methoxy groups -OCH3 is 1. The molecule has 3 heterocycles. The average Bonchev–Trinajstić information content (AvgIpc) is 3.69. The second kappa shape index (κ2) is 10.9. The Morgan fingerprint density at radius 1 is 1.18 bits per heavy atom. The van der Waals surface area contributed by atoms with Crippen LogP contribution in [0.25, 0.3) is 16.9 Å². The van der Waals surface area contributed by atoms with E-state index in [2.05, 4.69) is 31.7 Å². The van der Waals surface area contributed by atoms with Gasteiger partial charge in [-0.05, 0) is 63.6 Å². The molecule has 4 atom stereocenters. The predicted molar refractivity (Wildman–Crippen MR) is 143 cm³/mol. The molecule has 1 saturated heterocycles. The van der Waals surface area contributed by atoms with Crippen LogP contribution in [0.5, 0.6) is 6.01 Å². The first-order valence-electron chi connectivity index (χ1n) is 13.2. The molecule has 4 unspecified atom stereocenters. The second-order valence-electron chi connectivity index (χ2n) is 11.1. The van der Waals surface area contributed by atoms with Crippen molar-refractivity contribution in [2.75, 3.05) is 7.11 Å². The van der Waals surface area contributed by atoms with Gasteiger partial charge in [0.1, 0.15) is 23.4 Å². The maximum absolute atomic E-state index is 13.3. The van der Waals surface area contributed by atoms with Crippen molar-refractivity contribution in [3.63, 3.8) is 0 Å². The molecule has 12 nitrogen and oxygen atoms in total. The number of piperidine rings is 1. The standard InChI is InChI=1S/C28H32N8O4/c1-28(2,3)40-27(38)36-22-10-7-18(12-22)24(36)25(37)32-20(13-29)11-17-5-8-21(9-6-17)35-16-23(33-34-35)19-14-30-26(39-4)31-15-19/h5-6,8-9,14-16,18,20,22,24H,7,10-12H2,1-4H3,(H,32,37). The number of ether oxygens (including phenoxy) is 2. The molecule has 0 spiro atoms. The first kappa shape index (κ1) is 27.1. The number of likely N-dealkylation sites (tertiary alicyclic amines) is 1. The van der Waals surface area contributed by atoms with E-state index in [1.54, 1.807) is 28.2 Å². The molecular weight excluding hydrogens is 512 g/mol. The van der Waals surface area contributed by atoms with Crippen LogP contribution >= 0.6 is 0 Å².